The van der Waals surface area contributed by atoms with Gasteiger partial charge < -0.3 is 10.1 Å². The van der Waals surface area contributed by atoms with Crippen LogP contribution in [0.25, 0.3) is 11.0 Å². The summed E-state index contributed by atoms with van der Waals surface area (Å²) in [4.78, 5) is 19.3. The molecule has 1 atom stereocenters. The summed E-state index contributed by atoms with van der Waals surface area (Å²) in [6.45, 7) is 6.92. The third kappa shape index (κ3) is 3.54. The molecule has 1 aromatic carbocycles. The van der Waals surface area contributed by atoms with Crippen LogP contribution in [0.2, 0.25) is 0 Å². The highest BCUT2D eigenvalue weighted by molar-refractivity contribution is 5.77. The number of nitrogens with zero attached hydrogens (tertiary/aromatic N) is 3. The number of nitrogens with one attached hydrogen (secondary N) is 1. The van der Waals surface area contributed by atoms with Gasteiger partial charge in [0.25, 0.3) is 5.56 Å². The average Bonchev–Trinajstić information content (AvgIpc) is 2.92. The second kappa shape index (κ2) is 6.73. The van der Waals surface area contributed by atoms with Gasteiger partial charge in [0.05, 0.1) is 18.2 Å². The van der Waals surface area contributed by atoms with E-state index in [9.17, 15) is 23.1 Å². The van der Waals surface area contributed by atoms with Crippen molar-refractivity contribution in [2.75, 3.05) is 0 Å². The van der Waals surface area contributed by atoms with Gasteiger partial charge in [-0.15, -0.1) is 0 Å². The number of H-pyrrole nitrogens is 1. The first-order valence-corrected chi connectivity index (χ1v) is 8.69. The number of hydrogen-bond acceptors (Lipinski definition) is 4. The van der Waals surface area contributed by atoms with Crippen LogP contribution in [0.5, 0.6) is 0 Å². The summed E-state index contributed by atoms with van der Waals surface area (Å²) in [7, 11) is 0. The third-order valence-corrected chi connectivity index (χ3v) is 4.52. The molecule has 0 amide bonds. The van der Waals surface area contributed by atoms with Gasteiger partial charge in [-0.2, -0.15) is 18.3 Å². The molecule has 0 aliphatic rings. The van der Waals surface area contributed by atoms with E-state index in [-0.39, 0.29) is 16.7 Å². The molecule has 0 saturated carbocycles. The Labute approximate surface area is 159 Å². The van der Waals surface area contributed by atoms with E-state index in [1.807, 2.05) is 20.8 Å². The number of aliphatic hydroxyl groups excluding tert-OH is 1. The number of alkyl halides is 3. The van der Waals surface area contributed by atoms with Gasteiger partial charge in [0.2, 0.25) is 0 Å². The molecular weight excluding hydrogens is 373 g/mol. The molecule has 0 unspecified atom stereocenters. The van der Waals surface area contributed by atoms with Crippen molar-refractivity contribution in [1.29, 1.82) is 0 Å². The molecule has 0 bridgehead atoms. The number of benzene rings is 1. The molecule has 2 N–H and O–H groups in total. The van der Waals surface area contributed by atoms with Gasteiger partial charge in [-0.1, -0.05) is 32.9 Å². The van der Waals surface area contributed by atoms with Crippen molar-refractivity contribution in [2.24, 2.45) is 5.41 Å². The fourth-order valence-electron chi connectivity index (χ4n) is 3.38. The number of halogens is 3. The van der Waals surface area contributed by atoms with E-state index < -0.39 is 35.4 Å². The van der Waals surface area contributed by atoms with Crippen LogP contribution in [-0.4, -0.2) is 24.9 Å². The van der Waals surface area contributed by atoms with Gasteiger partial charge in [0, 0.05) is 0 Å². The van der Waals surface area contributed by atoms with Crippen LogP contribution in [0.4, 0.5) is 13.2 Å². The lowest BCUT2D eigenvalue weighted by atomic mass is 9.82. The zero-order valence-corrected chi connectivity index (χ0v) is 15.9. The van der Waals surface area contributed by atoms with Gasteiger partial charge in [-0.3, -0.25) is 4.79 Å². The SMILES string of the molecule is Cc1nc2c(c(CO)nn2[C@H](c2ccc(C(F)(F)F)cc2)C(C)(C)C)c(=O)[nH]1. The highest BCUT2D eigenvalue weighted by atomic mass is 19.4. The summed E-state index contributed by atoms with van der Waals surface area (Å²) >= 11 is 0. The fraction of sp³-hybridized carbons (Fsp3) is 0.421. The number of fused-ring (bicyclic) bond motifs is 1. The molecule has 0 aliphatic heterocycles. The van der Waals surface area contributed by atoms with Gasteiger partial charge >= 0.3 is 6.18 Å². The zero-order chi connectivity index (χ0) is 20.9. The molecule has 0 spiro atoms. The van der Waals surface area contributed by atoms with E-state index in [1.165, 1.54) is 16.8 Å². The van der Waals surface area contributed by atoms with Crippen molar-refractivity contribution in [3.05, 3.63) is 57.3 Å². The molecule has 2 heterocycles. The number of aliphatic hydroxyl groups is 1. The molecule has 0 saturated heterocycles. The van der Waals surface area contributed by atoms with Gasteiger partial charge in [-0.25, -0.2) is 9.67 Å². The summed E-state index contributed by atoms with van der Waals surface area (Å²) in [6, 6.07) is 4.36. The number of rotatable bonds is 3. The minimum absolute atomic E-state index is 0.171. The Hall–Kier alpha value is -2.68. The Bertz CT molecular complexity index is 1060. The lowest BCUT2D eigenvalue weighted by Gasteiger charge is -2.32. The Morgan fingerprint density at radius 2 is 1.79 bits per heavy atom. The summed E-state index contributed by atoms with van der Waals surface area (Å²) in [5, 5.41) is 14.2. The molecule has 6 nitrogen and oxygen atoms in total. The molecule has 28 heavy (non-hydrogen) atoms. The first-order chi connectivity index (χ1) is 12.9. The van der Waals surface area contributed by atoms with E-state index >= 15 is 0 Å². The summed E-state index contributed by atoms with van der Waals surface area (Å²) < 4.78 is 40.3. The van der Waals surface area contributed by atoms with Crippen LogP contribution < -0.4 is 5.56 Å². The molecule has 0 aliphatic carbocycles. The van der Waals surface area contributed by atoms with Crippen molar-refractivity contribution < 1.29 is 18.3 Å². The van der Waals surface area contributed by atoms with Crippen LogP contribution in [0.15, 0.2) is 29.1 Å². The molecular formula is C19H21F3N4O2. The fourth-order valence-corrected chi connectivity index (χ4v) is 3.38. The zero-order valence-electron chi connectivity index (χ0n) is 15.9. The summed E-state index contributed by atoms with van der Waals surface area (Å²) in [5.74, 6) is 0.378. The molecule has 0 fully saturated rings. The van der Waals surface area contributed by atoms with Gasteiger partial charge in [0.1, 0.15) is 16.9 Å². The number of aromatic nitrogens is 4. The normalized spacial score (nSPS) is 13.9. The topological polar surface area (TPSA) is 83.8 Å². The predicted molar refractivity (Wildman–Crippen MR) is 97.8 cm³/mol. The highest BCUT2D eigenvalue weighted by Gasteiger charge is 2.34. The predicted octanol–water partition coefficient (Wildman–Crippen LogP) is 3.57. The van der Waals surface area contributed by atoms with E-state index in [0.717, 1.165) is 12.1 Å². The minimum atomic E-state index is -4.43. The second-order valence-electron chi connectivity index (χ2n) is 7.79. The Morgan fingerprint density at radius 1 is 1.18 bits per heavy atom. The van der Waals surface area contributed by atoms with Crippen LogP contribution in [0, 0.1) is 12.3 Å². The Balaban J connectivity index is 2.26. The largest absolute Gasteiger partial charge is 0.416 e. The van der Waals surface area contributed by atoms with Crippen LogP contribution in [-0.2, 0) is 12.8 Å². The van der Waals surface area contributed by atoms with Gasteiger partial charge in [-0.05, 0) is 30.0 Å². The van der Waals surface area contributed by atoms with E-state index in [1.54, 1.807) is 6.92 Å². The maximum absolute atomic E-state index is 12.9. The van der Waals surface area contributed by atoms with Crippen LogP contribution in [0.1, 0.15) is 49.5 Å². The van der Waals surface area contributed by atoms with Crippen molar-refractivity contribution >= 4 is 11.0 Å². The first-order valence-electron chi connectivity index (χ1n) is 8.69. The number of aromatic amines is 1. The third-order valence-electron chi connectivity index (χ3n) is 4.52. The van der Waals surface area contributed by atoms with Crippen molar-refractivity contribution in [3.63, 3.8) is 0 Å². The van der Waals surface area contributed by atoms with Crippen LogP contribution in [0.3, 0.4) is 0 Å². The Morgan fingerprint density at radius 3 is 2.29 bits per heavy atom. The van der Waals surface area contributed by atoms with Crippen molar-refractivity contribution in [1.82, 2.24) is 19.7 Å². The number of aryl methyl sites for hydroxylation is 1. The van der Waals surface area contributed by atoms with Crippen molar-refractivity contribution in [2.45, 2.75) is 46.5 Å². The molecule has 3 rings (SSSR count). The second-order valence-corrected chi connectivity index (χ2v) is 7.79. The smallest absolute Gasteiger partial charge is 0.390 e. The van der Waals surface area contributed by atoms with E-state index in [0.29, 0.717) is 11.4 Å². The molecule has 2 aromatic heterocycles. The van der Waals surface area contributed by atoms with Gasteiger partial charge in [0.15, 0.2) is 5.65 Å². The monoisotopic (exact) mass is 394 g/mol. The summed E-state index contributed by atoms with van der Waals surface area (Å²) in [5.41, 5.74) is -0.582. The van der Waals surface area contributed by atoms with Crippen LogP contribution >= 0.6 is 0 Å². The minimum Gasteiger partial charge on any atom is -0.390 e. The highest BCUT2D eigenvalue weighted by Crippen LogP contribution is 2.39. The Kier molecular flexibility index (Phi) is 4.82. The first kappa shape index (κ1) is 20.1. The molecule has 150 valence electrons. The molecule has 0 radical (unpaired) electrons. The molecule has 3 aromatic rings. The maximum atomic E-state index is 12.9. The molecule has 9 heteroatoms. The quantitative estimate of drug-likeness (QED) is 0.711. The average molecular weight is 394 g/mol. The van der Waals surface area contributed by atoms with E-state index in [2.05, 4.69) is 15.1 Å². The van der Waals surface area contributed by atoms with E-state index in [4.69, 9.17) is 0 Å². The lowest BCUT2D eigenvalue weighted by Crippen LogP contribution is -2.27. The summed E-state index contributed by atoms with van der Waals surface area (Å²) in [6.07, 6.45) is -4.43. The van der Waals surface area contributed by atoms with Crippen molar-refractivity contribution in [3.8, 4) is 0 Å². The lowest BCUT2D eigenvalue weighted by molar-refractivity contribution is -0.137. The maximum Gasteiger partial charge on any atom is 0.416 e. The number of hydrogen-bond donors (Lipinski definition) is 2. The standard InChI is InChI=1S/C19H21F3N4O2/c1-10-23-16-14(17(28)24-10)13(9-27)25-26(16)15(18(2,3)4)11-5-7-12(8-6-11)19(20,21)22/h5-8,15,27H,9H2,1-4H3,(H,23,24,28)/t15-/m1/s1.